The van der Waals surface area contributed by atoms with Gasteiger partial charge in [-0.1, -0.05) is 68.4 Å². The Balaban J connectivity index is 1.56. The normalized spacial score (nSPS) is 12.3. The van der Waals surface area contributed by atoms with Crippen LogP contribution in [0.25, 0.3) is 22.5 Å². The highest BCUT2D eigenvalue weighted by molar-refractivity contribution is 6.00. The van der Waals surface area contributed by atoms with Gasteiger partial charge in [0.05, 0.1) is 37.7 Å². The summed E-state index contributed by atoms with van der Waals surface area (Å²) in [5.41, 5.74) is 5.31. The van der Waals surface area contributed by atoms with Gasteiger partial charge in [-0.25, -0.2) is 4.68 Å². The van der Waals surface area contributed by atoms with E-state index in [-0.39, 0.29) is 31.2 Å². The van der Waals surface area contributed by atoms with E-state index < -0.39 is 0 Å². The summed E-state index contributed by atoms with van der Waals surface area (Å²) >= 11 is 0. The number of nitrogens with one attached hydrogen (secondary N) is 1. The number of aromatic nitrogens is 3. The van der Waals surface area contributed by atoms with Crippen LogP contribution < -0.4 is 10.2 Å². The van der Waals surface area contributed by atoms with Crippen LogP contribution >= 0.6 is 0 Å². The van der Waals surface area contributed by atoms with Gasteiger partial charge in [0.15, 0.2) is 0 Å². The zero-order valence-electron chi connectivity index (χ0n) is 23.9. The molecule has 0 saturated carbocycles. The number of hydrogen-bond acceptors (Lipinski definition) is 6. The molecule has 1 N–H and O–H groups in total. The lowest BCUT2D eigenvalue weighted by Gasteiger charge is -2.29. The summed E-state index contributed by atoms with van der Waals surface area (Å²) in [6, 6.07) is 15.9. The van der Waals surface area contributed by atoms with Gasteiger partial charge in [0.25, 0.3) is 0 Å². The molecule has 0 bridgehead atoms. The fraction of sp³-hybridized carbons (Fsp3) is 0.484. The van der Waals surface area contributed by atoms with Crippen molar-refractivity contribution in [1.82, 2.24) is 20.3 Å². The molecule has 0 unspecified atom stereocenters. The van der Waals surface area contributed by atoms with E-state index in [1.165, 1.54) is 0 Å². The van der Waals surface area contributed by atoms with E-state index >= 15 is 0 Å². The molecule has 2 heterocycles. The molecular weight excluding hydrogens is 506 g/mol. The molecule has 0 aliphatic carbocycles. The molecule has 0 radical (unpaired) electrons. The predicted octanol–water partition coefficient (Wildman–Crippen LogP) is 4.84. The van der Waals surface area contributed by atoms with Crippen LogP contribution in [0.5, 0.6) is 0 Å². The highest BCUT2D eigenvalue weighted by atomic mass is 16.5. The lowest BCUT2D eigenvalue weighted by Crippen LogP contribution is -2.35. The topological polar surface area (TPSA) is 98.6 Å². The number of benzene rings is 2. The second-order valence-corrected chi connectivity index (χ2v) is 10.4. The SMILES string of the molecule is CCCOCCC(=O)NCCC(=O)N1Cc2ccccc2-c2nnn(CCOCCC(C)C)c2-c2ccccc21. The van der Waals surface area contributed by atoms with Crippen molar-refractivity contribution in [1.29, 1.82) is 0 Å². The fourth-order valence-corrected chi connectivity index (χ4v) is 4.71. The van der Waals surface area contributed by atoms with Gasteiger partial charge in [0.2, 0.25) is 11.8 Å². The lowest BCUT2D eigenvalue weighted by atomic mass is 9.95. The first kappa shape index (κ1) is 29.4. The number of fused-ring (bicyclic) bond motifs is 5. The zero-order valence-corrected chi connectivity index (χ0v) is 23.9. The van der Waals surface area contributed by atoms with Crippen molar-refractivity contribution >= 4 is 17.5 Å². The molecule has 2 amide bonds. The largest absolute Gasteiger partial charge is 0.381 e. The van der Waals surface area contributed by atoms with E-state index in [0.717, 1.165) is 46.6 Å². The molecule has 9 nitrogen and oxygen atoms in total. The van der Waals surface area contributed by atoms with Crippen LogP contribution in [0, 0.1) is 5.92 Å². The molecule has 1 aliphatic rings. The summed E-state index contributed by atoms with van der Waals surface area (Å²) in [6.07, 6.45) is 2.40. The number of carbonyl (C=O) groups is 2. The Morgan fingerprint density at radius 1 is 0.950 bits per heavy atom. The highest BCUT2D eigenvalue weighted by Crippen LogP contribution is 2.41. The molecule has 3 aromatic rings. The zero-order chi connectivity index (χ0) is 28.3. The Hall–Kier alpha value is -3.56. The Morgan fingerprint density at radius 2 is 1.70 bits per heavy atom. The Labute approximate surface area is 236 Å². The van der Waals surface area contributed by atoms with Gasteiger partial charge >= 0.3 is 0 Å². The molecule has 40 heavy (non-hydrogen) atoms. The third kappa shape index (κ3) is 7.55. The van der Waals surface area contributed by atoms with Crippen LogP contribution in [0.1, 0.15) is 52.0 Å². The van der Waals surface area contributed by atoms with Crippen LogP contribution in [-0.2, 0) is 32.2 Å². The van der Waals surface area contributed by atoms with E-state index in [2.05, 4.69) is 29.5 Å². The number of hydrogen-bond donors (Lipinski definition) is 1. The van der Waals surface area contributed by atoms with Crippen molar-refractivity contribution in [2.24, 2.45) is 5.92 Å². The monoisotopic (exact) mass is 547 g/mol. The predicted molar refractivity (Wildman–Crippen MR) is 156 cm³/mol. The minimum atomic E-state index is -0.113. The molecule has 0 spiro atoms. The van der Waals surface area contributed by atoms with Crippen LogP contribution in [0.15, 0.2) is 48.5 Å². The summed E-state index contributed by atoms with van der Waals surface area (Å²) in [5.74, 6) is 0.410. The van der Waals surface area contributed by atoms with Crippen molar-refractivity contribution < 1.29 is 19.1 Å². The van der Waals surface area contributed by atoms with E-state index in [0.29, 0.717) is 45.4 Å². The molecule has 214 valence electrons. The smallest absolute Gasteiger partial charge is 0.229 e. The van der Waals surface area contributed by atoms with Crippen LogP contribution in [0.4, 0.5) is 5.69 Å². The van der Waals surface area contributed by atoms with E-state index in [9.17, 15) is 9.59 Å². The van der Waals surface area contributed by atoms with Gasteiger partial charge in [-0.05, 0) is 30.4 Å². The summed E-state index contributed by atoms with van der Waals surface area (Å²) < 4.78 is 13.2. The first-order valence-corrected chi connectivity index (χ1v) is 14.3. The van der Waals surface area contributed by atoms with Gasteiger partial charge in [-0.15, -0.1) is 5.10 Å². The Morgan fingerprint density at radius 3 is 2.50 bits per heavy atom. The third-order valence-electron chi connectivity index (χ3n) is 6.86. The molecule has 4 rings (SSSR count). The van der Waals surface area contributed by atoms with Crippen molar-refractivity contribution in [3.63, 3.8) is 0 Å². The fourth-order valence-electron chi connectivity index (χ4n) is 4.71. The number of para-hydroxylation sites is 1. The molecule has 1 aliphatic heterocycles. The second-order valence-electron chi connectivity index (χ2n) is 10.4. The lowest BCUT2D eigenvalue weighted by molar-refractivity contribution is -0.122. The Bertz CT molecular complexity index is 1270. The molecule has 0 fully saturated rings. The van der Waals surface area contributed by atoms with Crippen molar-refractivity contribution in [2.75, 3.05) is 37.9 Å². The van der Waals surface area contributed by atoms with E-state index in [4.69, 9.17) is 9.47 Å². The molecular formula is C31H41N5O4. The number of amides is 2. The number of rotatable bonds is 14. The van der Waals surface area contributed by atoms with Crippen LogP contribution in [-0.4, -0.2) is 59.8 Å². The first-order chi connectivity index (χ1) is 19.5. The average Bonchev–Trinajstić information content (AvgIpc) is 3.36. The van der Waals surface area contributed by atoms with Gasteiger partial charge < -0.3 is 19.7 Å². The summed E-state index contributed by atoms with van der Waals surface area (Å²) in [6.45, 7) is 9.88. The molecule has 9 heteroatoms. The van der Waals surface area contributed by atoms with Crippen molar-refractivity contribution in [2.45, 2.75) is 59.5 Å². The number of carbonyl (C=O) groups excluding carboxylic acids is 2. The number of ether oxygens (including phenoxy) is 2. The first-order valence-electron chi connectivity index (χ1n) is 14.3. The highest BCUT2D eigenvalue weighted by Gasteiger charge is 2.28. The maximum absolute atomic E-state index is 13.6. The second kappa shape index (κ2) is 14.7. The standard InChI is InChI=1S/C31H41N5O4/c1-4-18-39-20-15-28(37)32-16-13-29(38)35-22-24-9-5-6-10-25(24)30-31(26-11-7-8-12-27(26)35)36(34-33-30)17-21-40-19-14-23(2)3/h5-12,23H,4,13-22H2,1-3H3,(H,32,37). The summed E-state index contributed by atoms with van der Waals surface area (Å²) in [5, 5.41) is 12.0. The van der Waals surface area contributed by atoms with Gasteiger partial charge in [0.1, 0.15) is 5.69 Å². The number of anilines is 1. The van der Waals surface area contributed by atoms with Crippen LogP contribution in [0.3, 0.4) is 0 Å². The summed E-state index contributed by atoms with van der Waals surface area (Å²) in [7, 11) is 0. The van der Waals surface area contributed by atoms with Crippen molar-refractivity contribution in [3.05, 3.63) is 54.1 Å². The number of nitrogens with zero attached hydrogens (tertiary/aromatic N) is 4. The van der Waals surface area contributed by atoms with E-state index in [1.54, 1.807) is 0 Å². The van der Waals surface area contributed by atoms with Crippen molar-refractivity contribution in [3.8, 4) is 22.5 Å². The van der Waals surface area contributed by atoms with E-state index in [1.807, 2.05) is 65.0 Å². The molecule has 0 saturated heterocycles. The molecule has 0 atom stereocenters. The average molecular weight is 548 g/mol. The maximum atomic E-state index is 13.6. The third-order valence-corrected chi connectivity index (χ3v) is 6.86. The maximum Gasteiger partial charge on any atom is 0.229 e. The minimum Gasteiger partial charge on any atom is -0.381 e. The van der Waals surface area contributed by atoms with Gasteiger partial charge in [0, 0.05) is 43.7 Å². The quantitative estimate of drug-likeness (QED) is 0.290. The minimum absolute atomic E-state index is 0.0655. The Kier molecular flexibility index (Phi) is 10.8. The summed E-state index contributed by atoms with van der Waals surface area (Å²) in [4.78, 5) is 27.6. The molecule has 2 aromatic carbocycles. The molecule has 1 aromatic heterocycles. The van der Waals surface area contributed by atoms with Crippen LogP contribution in [0.2, 0.25) is 0 Å². The van der Waals surface area contributed by atoms with Gasteiger partial charge in [-0.2, -0.15) is 0 Å². The van der Waals surface area contributed by atoms with Gasteiger partial charge in [-0.3, -0.25) is 9.59 Å².